The average Bonchev–Trinajstić information content (AvgIpc) is 3.00. The Kier molecular flexibility index (Phi) is 19.6. The minimum Gasteiger partial charge on any atom is -0.481 e. The van der Waals surface area contributed by atoms with Crippen LogP contribution in [-0.4, -0.2) is 71.3 Å². The lowest BCUT2D eigenvalue weighted by Crippen LogP contribution is -2.54. The Bertz CT molecular complexity index is 1260. The number of carbonyl (C=O) groups excluding carboxylic acids is 1. The fraction of sp³-hybridized carbons (Fsp3) is 0.629. The summed E-state index contributed by atoms with van der Waals surface area (Å²) in [6.45, 7) is 5.71. The Balaban J connectivity index is 2.80. The van der Waals surface area contributed by atoms with Crippen LogP contribution in [0.25, 0.3) is 0 Å². The van der Waals surface area contributed by atoms with E-state index in [4.69, 9.17) is 4.74 Å². The molecule has 0 fully saturated rings. The van der Waals surface area contributed by atoms with Gasteiger partial charge in [-0.05, 0) is 56.7 Å². The molecule has 46 heavy (non-hydrogen) atoms. The zero-order chi connectivity index (χ0) is 34.4. The van der Waals surface area contributed by atoms with Crippen molar-refractivity contribution < 1.29 is 42.9 Å². The van der Waals surface area contributed by atoms with Crippen molar-refractivity contribution >= 4 is 27.7 Å². The van der Waals surface area contributed by atoms with Crippen molar-refractivity contribution in [3.8, 4) is 17.6 Å². The normalized spacial score (nSPS) is 14.1. The van der Waals surface area contributed by atoms with Crippen LogP contribution in [0.15, 0.2) is 36.4 Å². The van der Waals surface area contributed by atoms with Crippen LogP contribution in [0.4, 0.5) is 0 Å². The number of carbonyl (C=O) groups is 3. The van der Waals surface area contributed by atoms with Gasteiger partial charge in [0.05, 0.1) is 17.4 Å². The third-order valence-corrected chi connectivity index (χ3v) is 9.55. The first-order chi connectivity index (χ1) is 21.9. The highest BCUT2D eigenvalue weighted by atomic mass is 32.2. The highest BCUT2D eigenvalue weighted by Crippen LogP contribution is 2.27. The Labute approximate surface area is 274 Å². The van der Waals surface area contributed by atoms with E-state index >= 15 is 0 Å². The van der Waals surface area contributed by atoms with Gasteiger partial charge in [0.1, 0.15) is 28.2 Å². The molecular formula is C35H53NO9S. The summed E-state index contributed by atoms with van der Waals surface area (Å²) < 4.78 is 30.0. The lowest BCUT2D eigenvalue weighted by Gasteiger charge is -2.30. The van der Waals surface area contributed by atoms with Crippen LogP contribution >= 0.6 is 0 Å². The van der Waals surface area contributed by atoms with Crippen molar-refractivity contribution in [1.29, 1.82) is 0 Å². The van der Waals surface area contributed by atoms with Gasteiger partial charge in [-0.1, -0.05) is 89.0 Å². The number of allylic oxidation sites excluding steroid dienone is 1. The summed E-state index contributed by atoms with van der Waals surface area (Å²) in [6.07, 6.45) is 11.1. The smallest absolute Gasteiger partial charge is 0.336 e. The van der Waals surface area contributed by atoms with Gasteiger partial charge in [-0.2, -0.15) is 0 Å². The van der Waals surface area contributed by atoms with E-state index in [2.05, 4.69) is 24.1 Å². The summed E-state index contributed by atoms with van der Waals surface area (Å²) >= 11 is 0. The van der Waals surface area contributed by atoms with E-state index < -0.39 is 45.2 Å². The maximum absolute atomic E-state index is 13.4. The second kappa shape index (κ2) is 22.2. The number of carboxylic acid groups (broad SMARTS) is 2. The van der Waals surface area contributed by atoms with Gasteiger partial charge < -0.3 is 25.4 Å². The standard InChI is InChI=1S/C35H53NO9S/c1-4-7-9-13-16-25-46(43,44)26-17-14-11-10-12-15-18-30(35(42,23-6-3)34(40)41)32(37)36-31(33(38)39)27-28-19-21-29(22-20-28)45-24-8-5-2/h15,18-22,30-31,42H,4,6-7,9-14,16-17,23-27H2,1-3H3,(H,36,37)(H,38,39)(H,40,41)/t30-,31+,35+/m1/s1. The van der Waals surface area contributed by atoms with Gasteiger partial charge in [0.25, 0.3) is 0 Å². The Morgan fingerprint density at radius 1 is 0.935 bits per heavy atom. The van der Waals surface area contributed by atoms with Crippen molar-refractivity contribution in [2.24, 2.45) is 5.92 Å². The fourth-order valence-electron chi connectivity index (χ4n) is 5.05. The Hall–Kier alpha value is -3.36. The van der Waals surface area contributed by atoms with Gasteiger partial charge in [-0.15, -0.1) is 5.92 Å². The first kappa shape index (κ1) is 40.7. The molecule has 0 unspecified atom stereocenters. The van der Waals surface area contributed by atoms with Crippen molar-refractivity contribution in [2.75, 3.05) is 18.1 Å². The van der Waals surface area contributed by atoms with E-state index in [1.807, 2.05) is 0 Å². The van der Waals surface area contributed by atoms with Gasteiger partial charge in [0.15, 0.2) is 5.60 Å². The summed E-state index contributed by atoms with van der Waals surface area (Å²) in [5, 5.41) is 33.2. The molecule has 3 atom stereocenters. The second-order valence-corrected chi connectivity index (χ2v) is 13.9. The number of carboxylic acids is 2. The molecule has 1 aromatic carbocycles. The summed E-state index contributed by atoms with van der Waals surface area (Å²) in [5.74, 6) is 1.15. The molecule has 0 aliphatic carbocycles. The summed E-state index contributed by atoms with van der Waals surface area (Å²) in [4.78, 5) is 37.6. The summed E-state index contributed by atoms with van der Waals surface area (Å²) in [5.41, 5.74) is -1.82. The number of aliphatic carboxylic acids is 2. The van der Waals surface area contributed by atoms with Gasteiger partial charge in [0.2, 0.25) is 5.91 Å². The van der Waals surface area contributed by atoms with Crippen molar-refractivity contribution in [3.63, 3.8) is 0 Å². The van der Waals surface area contributed by atoms with Gasteiger partial charge in [-0.3, -0.25) is 4.79 Å². The van der Waals surface area contributed by atoms with E-state index in [0.29, 0.717) is 37.0 Å². The minimum atomic E-state index is -3.05. The van der Waals surface area contributed by atoms with E-state index in [0.717, 1.165) is 38.5 Å². The lowest BCUT2D eigenvalue weighted by atomic mass is 9.82. The van der Waals surface area contributed by atoms with Gasteiger partial charge >= 0.3 is 11.9 Å². The van der Waals surface area contributed by atoms with E-state index in [9.17, 15) is 38.1 Å². The molecule has 1 aromatic rings. The van der Waals surface area contributed by atoms with Crippen molar-refractivity contribution in [1.82, 2.24) is 5.32 Å². The van der Waals surface area contributed by atoms with E-state index in [-0.39, 0.29) is 37.4 Å². The second-order valence-electron chi connectivity index (χ2n) is 11.6. The zero-order valence-electron chi connectivity index (χ0n) is 27.6. The molecule has 1 rings (SSSR count). The highest BCUT2D eigenvalue weighted by Gasteiger charge is 2.46. The molecule has 4 N–H and O–H groups in total. The number of rotatable bonds is 25. The van der Waals surface area contributed by atoms with Crippen LogP contribution in [-0.2, 0) is 30.6 Å². The van der Waals surface area contributed by atoms with Crippen molar-refractivity contribution in [2.45, 2.75) is 116 Å². The topological polar surface area (TPSA) is 167 Å². The quantitative estimate of drug-likeness (QED) is 0.0615. The maximum Gasteiger partial charge on any atom is 0.336 e. The number of hydrogen-bond donors (Lipinski definition) is 4. The molecule has 0 heterocycles. The van der Waals surface area contributed by atoms with E-state index in [1.54, 1.807) is 44.2 Å². The molecule has 10 nitrogen and oxygen atoms in total. The lowest BCUT2D eigenvalue weighted by molar-refractivity contribution is -0.167. The molecule has 0 saturated carbocycles. The number of benzene rings is 1. The molecule has 11 heteroatoms. The largest absolute Gasteiger partial charge is 0.481 e. The molecule has 258 valence electrons. The Morgan fingerprint density at radius 3 is 2.09 bits per heavy atom. The summed E-state index contributed by atoms with van der Waals surface area (Å²) in [7, 11) is -3.05. The van der Waals surface area contributed by atoms with Crippen LogP contribution < -0.4 is 10.1 Å². The number of sulfone groups is 1. The maximum atomic E-state index is 13.4. The predicted octanol–water partition coefficient (Wildman–Crippen LogP) is 5.32. The first-order valence-corrected chi connectivity index (χ1v) is 18.2. The van der Waals surface area contributed by atoms with E-state index in [1.165, 1.54) is 6.08 Å². The van der Waals surface area contributed by atoms with Gasteiger partial charge in [-0.25, -0.2) is 18.0 Å². The zero-order valence-corrected chi connectivity index (χ0v) is 28.4. The molecule has 0 aliphatic heterocycles. The molecule has 0 aromatic heterocycles. The average molecular weight is 664 g/mol. The highest BCUT2D eigenvalue weighted by molar-refractivity contribution is 7.91. The molecule has 0 saturated heterocycles. The first-order valence-electron chi connectivity index (χ1n) is 16.4. The Morgan fingerprint density at radius 2 is 1.54 bits per heavy atom. The van der Waals surface area contributed by atoms with Crippen LogP contribution in [0.3, 0.4) is 0 Å². The molecular weight excluding hydrogens is 610 g/mol. The molecule has 1 amide bonds. The molecule has 0 radical (unpaired) electrons. The van der Waals surface area contributed by atoms with Crippen LogP contribution in [0.2, 0.25) is 0 Å². The minimum absolute atomic E-state index is 0.0690. The monoisotopic (exact) mass is 663 g/mol. The molecule has 0 bridgehead atoms. The van der Waals surface area contributed by atoms with Gasteiger partial charge in [0, 0.05) is 6.42 Å². The number of ether oxygens (including phenoxy) is 1. The predicted molar refractivity (Wildman–Crippen MR) is 179 cm³/mol. The third kappa shape index (κ3) is 15.8. The van der Waals surface area contributed by atoms with Crippen LogP contribution in [0.1, 0.15) is 103 Å². The third-order valence-electron chi connectivity index (χ3n) is 7.73. The molecule has 0 spiro atoms. The number of hydrogen-bond acceptors (Lipinski definition) is 7. The molecule has 0 aliphatic rings. The van der Waals surface area contributed by atoms with Crippen LogP contribution in [0, 0.1) is 17.8 Å². The number of amides is 1. The number of aliphatic hydroxyl groups is 1. The summed E-state index contributed by atoms with van der Waals surface area (Å²) in [6, 6.07) is 5.30. The fourth-order valence-corrected chi connectivity index (χ4v) is 6.54. The van der Waals surface area contributed by atoms with Crippen LogP contribution in [0.5, 0.6) is 5.75 Å². The van der Waals surface area contributed by atoms with Crippen molar-refractivity contribution in [3.05, 3.63) is 42.0 Å². The number of nitrogens with one attached hydrogen (secondary N) is 1. The number of unbranched alkanes of at least 4 members (excludes halogenated alkanes) is 8. The SMILES string of the molecule is CC#CCOc1ccc(C[C@H](NC(=O)[C@@H](C=CCCCCCCS(=O)(=O)CCCCCCC)[C@@](O)(CCC)C(=O)O)C(=O)O)cc1.